The lowest BCUT2D eigenvalue weighted by Gasteiger charge is -1.94. The Labute approximate surface area is 173 Å². The summed E-state index contributed by atoms with van der Waals surface area (Å²) in [5.41, 5.74) is 0. The highest BCUT2D eigenvalue weighted by atomic mass is 35.5. The second kappa shape index (κ2) is 11.9. The first-order valence-corrected chi connectivity index (χ1v) is 10.1. The van der Waals surface area contributed by atoms with Crippen molar-refractivity contribution in [3.05, 3.63) is 43.8 Å². The average Bonchev–Trinajstić information content (AvgIpc) is 3.30. The Morgan fingerprint density at radius 3 is 1.70 bits per heavy atom. The molecule has 0 saturated carbocycles. The fourth-order valence-corrected chi connectivity index (χ4v) is 4.05. The second-order valence-corrected chi connectivity index (χ2v) is 7.84. The van der Waals surface area contributed by atoms with Crippen molar-refractivity contribution >= 4 is 69.4 Å². The number of ether oxygens (including phenoxy) is 1. The number of thiophene rings is 2. The smallest absolute Gasteiger partial charge is 0.310 e. The van der Waals surface area contributed by atoms with Gasteiger partial charge in [-0.1, -0.05) is 0 Å². The molecule has 2 rings (SSSR count). The van der Waals surface area contributed by atoms with E-state index in [9.17, 15) is 19.2 Å². The topological polar surface area (TPSA) is 97.7 Å². The van der Waals surface area contributed by atoms with E-state index in [1.54, 1.807) is 24.3 Å². The summed E-state index contributed by atoms with van der Waals surface area (Å²) in [6.07, 6.45) is 0.164. The molecule has 0 aromatic carbocycles. The van der Waals surface area contributed by atoms with Gasteiger partial charge in [0.1, 0.15) is 0 Å². The number of methoxy groups -OCH3 is 1. The van der Waals surface area contributed by atoms with Crippen LogP contribution in [0.15, 0.2) is 24.3 Å². The van der Waals surface area contributed by atoms with E-state index < -0.39 is 5.97 Å². The molecule has 146 valence electrons. The molecule has 0 amide bonds. The number of carboxylic acid groups (broad SMARTS) is 1. The van der Waals surface area contributed by atoms with Gasteiger partial charge in [0, 0.05) is 9.75 Å². The Balaban J connectivity index is 0.000000271. The predicted molar refractivity (Wildman–Crippen MR) is 106 cm³/mol. The first-order valence-electron chi connectivity index (χ1n) is 7.45. The molecule has 2 heterocycles. The molecule has 6 nitrogen and oxygen atoms in total. The highest BCUT2D eigenvalue weighted by Gasteiger charge is 2.11. The van der Waals surface area contributed by atoms with Gasteiger partial charge in [0.2, 0.25) is 0 Å². The Morgan fingerprint density at radius 2 is 1.33 bits per heavy atom. The fourth-order valence-electron chi connectivity index (χ4n) is 1.74. The van der Waals surface area contributed by atoms with Gasteiger partial charge in [0.15, 0.2) is 11.6 Å². The first kappa shape index (κ1) is 23.3. The highest BCUT2D eigenvalue weighted by molar-refractivity contribution is 7.14. The van der Waals surface area contributed by atoms with Gasteiger partial charge in [0.05, 0.1) is 41.5 Å². The minimum Gasteiger partial charge on any atom is -0.481 e. The Bertz CT molecular complexity index is 812. The van der Waals surface area contributed by atoms with Crippen molar-refractivity contribution < 1.29 is 29.0 Å². The van der Waals surface area contributed by atoms with E-state index >= 15 is 0 Å². The molecule has 2 aromatic rings. The normalized spacial score (nSPS) is 9.89. The van der Waals surface area contributed by atoms with Gasteiger partial charge < -0.3 is 9.84 Å². The van der Waals surface area contributed by atoms with Crippen LogP contribution in [0.2, 0.25) is 0 Å². The van der Waals surface area contributed by atoms with Crippen LogP contribution in [0.25, 0.3) is 0 Å². The lowest BCUT2D eigenvalue weighted by Crippen LogP contribution is -2.02. The number of aliphatic carboxylic acids is 1. The zero-order valence-corrected chi connectivity index (χ0v) is 17.3. The molecular formula is C17H16Cl2O6S2. The van der Waals surface area contributed by atoms with Gasteiger partial charge in [-0.05, 0) is 24.3 Å². The van der Waals surface area contributed by atoms with Crippen LogP contribution in [0.3, 0.4) is 0 Å². The third-order valence-electron chi connectivity index (χ3n) is 2.99. The maximum absolute atomic E-state index is 11.1. The molecule has 0 unspecified atom stereocenters. The number of carbonyl (C=O) groups is 4. The van der Waals surface area contributed by atoms with Crippen molar-refractivity contribution in [3.63, 3.8) is 0 Å². The zero-order valence-electron chi connectivity index (χ0n) is 14.2. The molecule has 0 fully saturated rings. The van der Waals surface area contributed by atoms with E-state index in [4.69, 9.17) is 28.3 Å². The zero-order chi connectivity index (χ0) is 20.4. The molecule has 0 aliphatic heterocycles. The van der Waals surface area contributed by atoms with E-state index in [1.807, 2.05) is 0 Å². The van der Waals surface area contributed by atoms with Gasteiger partial charge in [-0.2, -0.15) is 0 Å². The number of hydrogen-bond donors (Lipinski definition) is 1. The van der Waals surface area contributed by atoms with E-state index in [-0.39, 0.29) is 42.1 Å². The molecule has 0 atom stereocenters. The minimum absolute atomic E-state index is 0.0296. The van der Waals surface area contributed by atoms with E-state index in [1.165, 1.54) is 29.8 Å². The van der Waals surface area contributed by atoms with Crippen LogP contribution in [-0.2, 0) is 27.2 Å². The lowest BCUT2D eigenvalue weighted by atomic mass is 10.3. The number of esters is 1. The van der Waals surface area contributed by atoms with Crippen LogP contribution in [0.1, 0.15) is 29.1 Å². The van der Waals surface area contributed by atoms with E-state index in [0.717, 1.165) is 4.88 Å². The van der Waals surface area contributed by atoms with Crippen molar-refractivity contribution in [3.8, 4) is 0 Å². The third kappa shape index (κ3) is 8.21. The monoisotopic (exact) mass is 450 g/mol. The van der Waals surface area contributed by atoms with Gasteiger partial charge in [0.25, 0.3) is 0 Å². The Morgan fingerprint density at radius 1 is 0.889 bits per heavy atom. The molecule has 0 saturated heterocycles. The number of hydrogen-bond acceptors (Lipinski definition) is 7. The first-order chi connectivity index (χ1) is 12.8. The van der Waals surface area contributed by atoms with Gasteiger partial charge in [-0.25, -0.2) is 0 Å². The van der Waals surface area contributed by atoms with Crippen molar-refractivity contribution in [1.82, 2.24) is 0 Å². The molecule has 0 aliphatic rings. The molecule has 0 bridgehead atoms. The van der Waals surface area contributed by atoms with Crippen LogP contribution in [-0.4, -0.2) is 47.5 Å². The third-order valence-corrected chi connectivity index (χ3v) is 5.73. The number of alkyl halides is 2. The Kier molecular flexibility index (Phi) is 10.2. The van der Waals surface area contributed by atoms with E-state index in [0.29, 0.717) is 14.6 Å². The maximum atomic E-state index is 11.1. The minimum atomic E-state index is -0.897. The van der Waals surface area contributed by atoms with Gasteiger partial charge in [-0.15, -0.1) is 45.9 Å². The number of carbonyl (C=O) groups excluding carboxylic acids is 3. The number of ketones is 2. The summed E-state index contributed by atoms with van der Waals surface area (Å²) < 4.78 is 4.51. The molecule has 0 aliphatic carbocycles. The fraction of sp³-hybridized carbons (Fsp3) is 0.294. The SMILES string of the molecule is COC(=O)Cc1ccc(C(=O)CCl)s1.O=C(O)Cc1ccc(C(=O)CCl)s1. The predicted octanol–water partition coefficient (Wildman–Crippen LogP) is 3.68. The van der Waals surface area contributed by atoms with Gasteiger partial charge >= 0.3 is 11.9 Å². The van der Waals surface area contributed by atoms with Crippen molar-refractivity contribution in [1.29, 1.82) is 0 Å². The highest BCUT2D eigenvalue weighted by Crippen LogP contribution is 2.19. The summed E-state index contributed by atoms with van der Waals surface area (Å²) in [6, 6.07) is 6.65. The quantitative estimate of drug-likeness (QED) is 0.374. The van der Waals surface area contributed by atoms with E-state index in [2.05, 4.69) is 4.74 Å². The van der Waals surface area contributed by atoms with Crippen molar-refractivity contribution in [2.45, 2.75) is 12.8 Å². The molecule has 1 N–H and O–H groups in total. The number of carboxylic acids is 1. The summed E-state index contributed by atoms with van der Waals surface area (Å²) >= 11 is 13.2. The largest absolute Gasteiger partial charge is 0.481 e. The number of halogens is 2. The van der Waals surface area contributed by atoms with Crippen LogP contribution in [0.4, 0.5) is 0 Å². The summed E-state index contributed by atoms with van der Waals surface area (Å²) in [5.74, 6) is -1.58. The lowest BCUT2D eigenvalue weighted by molar-refractivity contribution is -0.140. The maximum Gasteiger partial charge on any atom is 0.310 e. The summed E-state index contributed by atoms with van der Waals surface area (Å²) in [5, 5.41) is 8.47. The molecular weight excluding hydrogens is 435 g/mol. The van der Waals surface area contributed by atoms with Gasteiger partial charge in [-0.3, -0.25) is 19.2 Å². The number of rotatable bonds is 8. The van der Waals surface area contributed by atoms with Crippen molar-refractivity contribution in [2.24, 2.45) is 0 Å². The van der Waals surface area contributed by atoms with Crippen molar-refractivity contribution in [2.75, 3.05) is 18.9 Å². The van der Waals surface area contributed by atoms with Crippen LogP contribution >= 0.6 is 45.9 Å². The summed E-state index contributed by atoms with van der Waals surface area (Å²) in [7, 11) is 1.33. The molecule has 0 radical (unpaired) electrons. The molecule has 27 heavy (non-hydrogen) atoms. The van der Waals surface area contributed by atoms with Crippen LogP contribution in [0, 0.1) is 0 Å². The Hall–Kier alpha value is -1.74. The average molecular weight is 451 g/mol. The molecule has 10 heteroatoms. The second-order valence-electron chi connectivity index (χ2n) is 4.97. The molecule has 0 spiro atoms. The summed E-state index contributed by atoms with van der Waals surface area (Å²) in [6.45, 7) is 0. The van der Waals surface area contributed by atoms with Crippen LogP contribution < -0.4 is 0 Å². The standard InChI is InChI=1S/C9H9ClO3S.C8H7ClO3S/c1-13-9(12)4-6-2-3-8(14-6)7(11)5-10;9-4-6(10)7-2-1-5(13-7)3-8(11)12/h2-3H,4-5H2,1H3;1-2H,3-4H2,(H,11,12). The van der Waals surface area contributed by atoms with Crippen LogP contribution in [0.5, 0.6) is 0 Å². The summed E-state index contributed by atoms with van der Waals surface area (Å²) in [4.78, 5) is 46.0. The molecule has 2 aromatic heterocycles. The number of Topliss-reactive ketones (excluding diaryl/α,β-unsaturated/α-hetero) is 2.